The van der Waals surface area contributed by atoms with Crippen LogP contribution in [0.4, 0.5) is 5.82 Å². The van der Waals surface area contributed by atoms with Gasteiger partial charge in [-0.25, -0.2) is 4.68 Å². The standard InChI is InChI=1S/C11H11ClN4O/c12-8-1-2-10-7(3-8)4-9(17-10)5-16-6-11(13)14-15-16/h1-3,6,9H,4-5,13H2. The molecule has 88 valence electrons. The van der Waals surface area contributed by atoms with E-state index in [0.29, 0.717) is 12.4 Å². The summed E-state index contributed by atoms with van der Waals surface area (Å²) < 4.78 is 7.48. The molecule has 0 amide bonds. The molecule has 0 bridgehead atoms. The van der Waals surface area contributed by atoms with E-state index < -0.39 is 0 Å². The minimum absolute atomic E-state index is 0.0598. The van der Waals surface area contributed by atoms with Crippen molar-refractivity contribution in [3.63, 3.8) is 0 Å². The van der Waals surface area contributed by atoms with Crippen LogP contribution in [0.15, 0.2) is 24.4 Å². The van der Waals surface area contributed by atoms with Gasteiger partial charge in [0.2, 0.25) is 0 Å². The first-order valence-corrected chi connectivity index (χ1v) is 5.69. The number of hydrogen-bond acceptors (Lipinski definition) is 4. The number of hydrogen-bond donors (Lipinski definition) is 1. The van der Waals surface area contributed by atoms with E-state index in [9.17, 15) is 0 Å². The van der Waals surface area contributed by atoms with Gasteiger partial charge >= 0.3 is 0 Å². The average molecular weight is 251 g/mol. The Bertz CT molecular complexity index is 552. The van der Waals surface area contributed by atoms with Crippen LogP contribution >= 0.6 is 11.6 Å². The Hall–Kier alpha value is -1.75. The van der Waals surface area contributed by atoms with Gasteiger partial charge in [0.25, 0.3) is 0 Å². The molecule has 6 heteroatoms. The van der Waals surface area contributed by atoms with Gasteiger partial charge in [-0.2, -0.15) is 0 Å². The predicted molar refractivity (Wildman–Crippen MR) is 64.0 cm³/mol. The van der Waals surface area contributed by atoms with Crippen molar-refractivity contribution in [1.29, 1.82) is 0 Å². The molecule has 1 unspecified atom stereocenters. The largest absolute Gasteiger partial charge is 0.488 e. The summed E-state index contributed by atoms with van der Waals surface area (Å²) in [5.74, 6) is 1.32. The van der Waals surface area contributed by atoms with Gasteiger partial charge in [0.05, 0.1) is 12.7 Å². The lowest BCUT2D eigenvalue weighted by molar-refractivity contribution is 0.202. The van der Waals surface area contributed by atoms with E-state index in [2.05, 4.69) is 10.3 Å². The van der Waals surface area contributed by atoms with E-state index in [-0.39, 0.29) is 6.10 Å². The van der Waals surface area contributed by atoms with Gasteiger partial charge < -0.3 is 10.5 Å². The van der Waals surface area contributed by atoms with Crippen molar-refractivity contribution in [2.45, 2.75) is 19.1 Å². The van der Waals surface area contributed by atoms with Gasteiger partial charge in [-0.05, 0) is 23.8 Å². The van der Waals surface area contributed by atoms with Crippen LogP contribution in [0.2, 0.25) is 5.02 Å². The second-order valence-corrected chi connectivity index (χ2v) is 4.50. The molecule has 1 aromatic heterocycles. The van der Waals surface area contributed by atoms with Crippen LogP contribution in [0.25, 0.3) is 0 Å². The van der Waals surface area contributed by atoms with Gasteiger partial charge in [0, 0.05) is 11.4 Å². The van der Waals surface area contributed by atoms with Gasteiger partial charge in [-0.1, -0.05) is 16.8 Å². The van der Waals surface area contributed by atoms with E-state index in [0.717, 1.165) is 22.8 Å². The van der Waals surface area contributed by atoms with Gasteiger partial charge in [0.1, 0.15) is 11.9 Å². The zero-order valence-corrected chi connectivity index (χ0v) is 9.76. The van der Waals surface area contributed by atoms with Gasteiger partial charge in [-0.3, -0.25) is 0 Å². The zero-order valence-electron chi connectivity index (χ0n) is 9.01. The Labute approximate surface area is 103 Å². The molecule has 1 atom stereocenters. The van der Waals surface area contributed by atoms with Crippen molar-refractivity contribution in [3.05, 3.63) is 35.0 Å². The molecule has 0 spiro atoms. The Morgan fingerprint density at radius 3 is 3.18 bits per heavy atom. The highest BCUT2D eigenvalue weighted by Gasteiger charge is 2.23. The summed E-state index contributed by atoms with van der Waals surface area (Å²) in [6, 6.07) is 5.66. The van der Waals surface area contributed by atoms with Crippen LogP contribution in [0.3, 0.4) is 0 Å². The number of aromatic nitrogens is 3. The number of ether oxygens (including phenoxy) is 1. The van der Waals surface area contributed by atoms with Crippen molar-refractivity contribution >= 4 is 17.4 Å². The smallest absolute Gasteiger partial charge is 0.165 e. The van der Waals surface area contributed by atoms with E-state index in [4.69, 9.17) is 22.1 Å². The molecule has 0 aliphatic carbocycles. The van der Waals surface area contributed by atoms with Crippen molar-refractivity contribution < 1.29 is 4.74 Å². The molecule has 2 N–H and O–H groups in total. The summed E-state index contributed by atoms with van der Waals surface area (Å²) in [4.78, 5) is 0. The Morgan fingerprint density at radius 2 is 2.41 bits per heavy atom. The van der Waals surface area contributed by atoms with Crippen LogP contribution < -0.4 is 10.5 Å². The molecule has 0 fully saturated rings. The minimum Gasteiger partial charge on any atom is -0.488 e. The molecule has 0 saturated heterocycles. The number of halogens is 1. The summed E-state index contributed by atoms with van der Waals surface area (Å²) in [6.45, 7) is 0.635. The second kappa shape index (κ2) is 3.92. The summed E-state index contributed by atoms with van der Waals surface area (Å²) >= 11 is 5.93. The zero-order chi connectivity index (χ0) is 11.8. The van der Waals surface area contributed by atoms with E-state index in [1.165, 1.54) is 0 Å². The molecule has 0 saturated carbocycles. The number of nitrogens with two attached hydrogens (primary N) is 1. The summed E-state index contributed by atoms with van der Waals surface area (Å²) in [5.41, 5.74) is 6.64. The van der Waals surface area contributed by atoms with Crippen molar-refractivity contribution in [3.8, 4) is 5.75 Å². The lowest BCUT2D eigenvalue weighted by atomic mass is 10.1. The molecule has 2 aromatic rings. The summed E-state index contributed by atoms with van der Waals surface area (Å²) in [6.07, 6.45) is 2.58. The summed E-state index contributed by atoms with van der Waals surface area (Å²) in [5, 5.41) is 8.37. The first kappa shape index (κ1) is 10.4. The monoisotopic (exact) mass is 250 g/mol. The molecule has 1 aliphatic rings. The highest BCUT2D eigenvalue weighted by Crippen LogP contribution is 2.31. The van der Waals surface area contributed by atoms with Gasteiger partial charge in [-0.15, -0.1) is 5.10 Å². The molecule has 3 rings (SSSR count). The molecule has 0 radical (unpaired) electrons. The van der Waals surface area contributed by atoms with Crippen LogP contribution in [-0.2, 0) is 13.0 Å². The van der Waals surface area contributed by atoms with E-state index in [1.807, 2.05) is 18.2 Å². The topological polar surface area (TPSA) is 66.0 Å². The fourth-order valence-corrected chi connectivity index (χ4v) is 2.20. The first-order valence-electron chi connectivity index (χ1n) is 5.31. The fraction of sp³-hybridized carbons (Fsp3) is 0.273. The molecule has 1 aromatic carbocycles. The third kappa shape index (κ3) is 2.06. The molecular formula is C11H11ClN4O. The molecule has 5 nitrogen and oxygen atoms in total. The molecular weight excluding hydrogens is 240 g/mol. The van der Waals surface area contributed by atoms with Crippen molar-refractivity contribution in [1.82, 2.24) is 15.0 Å². The predicted octanol–water partition coefficient (Wildman–Crippen LogP) is 1.52. The minimum atomic E-state index is 0.0598. The Balaban J connectivity index is 1.74. The summed E-state index contributed by atoms with van der Waals surface area (Å²) in [7, 11) is 0. The third-order valence-electron chi connectivity index (χ3n) is 2.71. The maximum atomic E-state index is 5.93. The highest BCUT2D eigenvalue weighted by atomic mass is 35.5. The first-order chi connectivity index (χ1) is 8.20. The molecule has 1 aliphatic heterocycles. The fourth-order valence-electron chi connectivity index (χ4n) is 2.00. The number of benzene rings is 1. The Morgan fingerprint density at radius 1 is 1.53 bits per heavy atom. The van der Waals surface area contributed by atoms with E-state index in [1.54, 1.807) is 10.9 Å². The molecule has 17 heavy (non-hydrogen) atoms. The number of nitrogen functional groups attached to an aromatic ring is 1. The van der Waals surface area contributed by atoms with Crippen LogP contribution in [0, 0.1) is 0 Å². The normalized spacial score (nSPS) is 17.8. The van der Waals surface area contributed by atoms with E-state index >= 15 is 0 Å². The average Bonchev–Trinajstić information content (AvgIpc) is 2.84. The Kier molecular flexibility index (Phi) is 2.40. The maximum Gasteiger partial charge on any atom is 0.165 e. The van der Waals surface area contributed by atoms with Crippen molar-refractivity contribution in [2.24, 2.45) is 0 Å². The quantitative estimate of drug-likeness (QED) is 0.878. The van der Waals surface area contributed by atoms with Crippen molar-refractivity contribution in [2.75, 3.05) is 5.73 Å². The second-order valence-electron chi connectivity index (χ2n) is 4.06. The lowest BCUT2D eigenvalue weighted by Gasteiger charge is -2.09. The number of anilines is 1. The maximum absolute atomic E-state index is 5.93. The lowest BCUT2D eigenvalue weighted by Crippen LogP contribution is -2.21. The number of fused-ring (bicyclic) bond motifs is 1. The SMILES string of the molecule is Nc1cn(CC2Cc3cc(Cl)ccc3O2)nn1. The van der Waals surface area contributed by atoms with Gasteiger partial charge in [0.15, 0.2) is 5.82 Å². The van der Waals surface area contributed by atoms with Crippen LogP contribution in [0.1, 0.15) is 5.56 Å². The molecule has 2 heterocycles. The number of rotatable bonds is 2. The highest BCUT2D eigenvalue weighted by molar-refractivity contribution is 6.30. The number of nitrogens with zero attached hydrogens (tertiary/aromatic N) is 3. The van der Waals surface area contributed by atoms with Crippen LogP contribution in [0.5, 0.6) is 5.75 Å². The van der Waals surface area contributed by atoms with Crippen LogP contribution in [-0.4, -0.2) is 21.1 Å². The third-order valence-corrected chi connectivity index (χ3v) is 2.95.